The summed E-state index contributed by atoms with van der Waals surface area (Å²) >= 11 is 0. The fourth-order valence-corrected chi connectivity index (χ4v) is 5.84. The minimum atomic E-state index is -4.46. The van der Waals surface area contributed by atoms with Crippen LogP contribution in [-0.4, -0.2) is 36.4 Å². The van der Waals surface area contributed by atoms with E-state index in [9.17, 15) is 26.4 Å². The Bertz CT molecular complexity index is 1100. The average molecular weight is 452 g/mol. The normalized spacial score (nSPS) is 20.5. The summed E-state index contributed by atoms with van der Waals surface area (Å²) in [6.45, 7) is 4.85. The molecule has 5 nitrogen and oxygen atoms in total. The van der Waals surface area contributed by atoms with Crippen LogP contribution in [0.5, 0.6) is 0 Å². The molecular formula is C22H23F3N2O3S. The molecule has 0 bridgehead atoms. The molecule has 1 aliphatic heterocycles. The van der Waals surface area contributed by atoms with Gasteiger partial charge in [0.05, 0.1) is 11.1 Å². The van der Waals surface area contributed by atoms with E-state index in [4.69, 9.17) is 0 Å². The van der Waals surface area contributed by atoms with Crippen LogP contribution in [0.15, 0.2) is 59.6 Å². The van der Waals surface area contributed by atoms with Gasteiger partial charge < -0.3 is 0 Å². The summed E-state index contributed by atoms with van der Waals surface area (Å²) in [6.07, 6.45) is -4.32. The first-order chi connectivity index (χ1) is 14.3. The molecule has 0 aromatic heterocycles. The Morgan fingerprint density at radius 2 is 1.65 bits per heavy atom. The van der Waals surface area contributed by atoms with Gasteiger partial charge in [-0.25, -0.2) is 12.7 Å². The number of alkyl halides is 3. The third kappa shape index (κ3) is 4.66. The first kappa shape index (κ1) is 23.0. The van der Waals surface area contributed by atoms with Crippen molar-refractivity contribution < 1.29 is 26.4 Å². The molecule has 31 heavy (non-hydrogen) atoms. The number of hydrogen-bond acceptors (Lipinski definition) is 4. The number of benzene rings is 2. The number of aliphatic imine (C=N–C) groups is 1. The number of rotatable bonds is 4. The molecule has 0 N–H and O–H groups in total. The Balaban J connectivity index is 1.96. The topological polar surface area (TPSA) is 66.8 Å². The molecule has 0 spiro atoms. The van der Waals surface area contributed by atoms with Crippen LogP contribution < -0.4 is 0 Å². The average Bonchev–Trinajstić information content (AvgIpc) is 2.86. The maximum absolute atomic E-state index is 13.2. The van der Waals surface area contributed by atoms with Crippen LogP contribution in [0.4, 0.5) is 13.2 Å². The Kier molecular flexibility index (Phi) is 6.01. The zero-order chi connectivity index (χ0) is 23.0. The van der Waals surface area contributed by atoms with Crippen LogP contribution in [-0.2, 0) is 27.4 Å². The van der Waals surface area contributed by atoms with Crippen molar-refractivity contribution in [3.05, 3.63) is 71.3 Å². The molecule has 1 heterocycles. The van der Waals surface area contributed by atoms with E-state index < -0.39 is 38.5 Å². The number of nitrogens with zero attached hydrogens (tertiary/aromatic N) is 2. The van der Waals surface area contributed by atoms with Gasteiger partial charge in [-0.15, -0.1) is 0 Å². The zero-order valence-electron chi connectivity index (χ0n) is 17.3. The standard InChI is InChI=1S/C22H23F3N2O3S/c1-21(2,3)27-20(28)18(19(31(27,29)30)16-9-5-4-6-10-16)26-13-12-15-8-7-11-17(14-15)22(23,24)25/h4-11,14,19H,12-13H2,1-3H3. The molecule has 9 heteroatoms. The molecule has 0 saturated carbocycles. The van der Waals surface area contributed by atoms with Gasteiger partial charge in [-0.2, -0.15) is 13.2 Å². The molecule has 1 unspecified atom stereocenters. The lowest BCUT2D eigenvalue weighted by atomic mass is 10.0. The van der Waals surface area contributed by atoms with E-state index in [1.165, 1.54) is 6.07 Å². The van der Waals surface area contributed by atoms with Gasteiger partial charge in [0.1, 0.15) is 5.71 Å². The molecular weight excluding hydrogens is 429 g/mol. The zero-order valence-corrected chi connectivity index (χ0v) is 18.2. The first-order valence-electron chi connectivity index (χ1n) is 9.67. The SMILES string of the molecule is CC(C)(C)N1C(=O)C(=NCCc2cccc(C(F)(F)F)c2)C(c2ccccc2)S1(=O)=O. The molecule has 1 aliphatic rings. The highest BCUT2D eigenvalue weighted by molar-refractivity contribution is 7.91. The van der Waals surface area contributed by atoms with Gasteiger partial charge >= 0.3 is 6.18 Å². The Labute approximate surface area is 179 Å². The summed E-state index contributed by atoms with van der Waals surface area (Å²) in [7, 11) is -4.05. The van der Waals surface area contributed by atoms with Crippen LogP contribution in [0.1, 0.15) is 42.7 Å². The highest BCUT2D eigenvalue weighted by Gasteiger charge is 2.54. The lowest BCUT2D eigenvalue weighted by Crippen LogP contribution is -2.45. The highest BCUT2D eigenvalue weighted by Crippen LogP contribution is 2.38. The van der Waals surface area contributed by atoms with Crippen molar-refractivity contribution in [2.45, 2.75) is 44.2 Å². The second-order valence-electron chi connectivity index (χ2n) is 8.29. The van der Waals surface area contributed by atoms with E-state index in [-0.39, 0.29) is 18.7 Å². The third-order valence-corrected chi connectivity index (χ3v) is 7.17. The lowest BCUT2D eigenvalue weighted by Gasteiger charge is -2.30. The van der Waals surface area contributed by atoms with E-state index in [1.54, 1.807) is 57.2 Å². The van der Waals surface area contributed by atoms with E-state index in [2.05, 4.69) is 4.99 Å². The van der Waals surface area contributed by atoms with Crippen LogP contribution in [0.2, 0.25) is 0 Å². The van der Waals surface area contributed by atoms with Gasteiger partial charge in [0.15, 0.2) is 5.25 Å². The summed E-state index contributed by atoms with van der Waals surface area (Å²) in [5.41, 5.74) is -1.05. The molecule has 1 amide bonds. The van der Waals surface area contributed by atoms with Crippen molar-refractivity contribution in [2.75, 3.05) is 6.54 Å². The predicted molar refractivity (Wildman–Crippen MR) is 112 cm³/mol. The number of amides is 1. The van der Waals surface area contributed by atoms with Crippen molar-refractivity contribution in [1.29, 1.82) is 0 Å². The number of carbonyl (C=O) groups is 1. The minimum absolute atomic E-state index is 0.0147. The van der Waals surface area contributed by atoms with Gasteiger partial charge in [0.25, 0.3) is 15.9 Å². The van der Waals surface area contributed by atoms with Crippen molar-refractivity contribution in [3.8, 4) is 0 Å². The third-order valence-electron chi connectivity index (χ3n) is 4.85. The Morgan fingerprint density at radius 3 is 2.23 bits per heavy atom. The lowest BCUT2D eigenvalue weighted by molar-refractivity contribution is -0.137. The Morgan fingerprint density at radius 1 is 1.00 bits per heavy atom. The van der Waals surface area contributed by atoms with E-state index in [0.717, 1.165) is 16.4 Å². The summed E-state index contributed by atoms with van der Waals surface area (Å²) in [4.78, 5) is 17.3. The van der Waals surface area contributed by atoms with E-state index in [1.807, 2.05) is 0 Å². The molecule has 1 fully saturated rings. The molecule has 0 radical (unpaired) electrons. The maximum Gasteiger partial charge on any atom is 0.416 e. The molecule has 1 saturated heterocycles. The smallest absolute Gasteiger partial charge is 0.282 e. The van der Waals surface area contributed by atoms with Crippen molar-refractivity contribution >= 4 is 21.6 Å². The second kappa shape index (κ2) is 8.11. The van der Waals surface area contributed by atoms with Crippen molar-refractivity contribution in [2.24, 2.45) is 4.99 Å². The molecule has 1 atom stereocenters. The van der Waals surface area contributed by atoms with Gasteiger partial charge in [-0.05, 0) is 44.4 Å². The predicted octanol–water partition coefficient (Wildman–Crippen LogP) is 4.40. The van der Waals surface area contributed by atoms with Gasteiger partial charge in [-0.1, -0.05) is 48.5 Å². The minimum Gasteiger partial charge on any atom is -0.282 e. The number of halogens is 3. The van der Waals surface area contributed by atoms with Crippen LogP contribution in [0.3, 0.4) is 0 Å². The fourth-order valence-electron chi connectivity index (χ4n) is 3.58. The summed E-state index contributed by atoms with van der Waals surface area (Å²) in [5.74, 6) is -0.703. The molecule has 166 valence electrons. The summed E-state index contributed by atoms with van der Waals surface area (Å²) in [5, 5.41) is -1.25. The summed E-state index contributed by atoms with van der Waals surface area (Å²) in [6, 6.07) is 13.2. The number of carbonyl (C=O) groups excluding carboxylic acids is 1. The largest absolute Gasteiger partial charge is 0.416 e. The second-order valence-corrected chi connectivity index (χ2v) is 10.2. The van der Waals surface area contributed by atoms with Crippen LogP contribution >= 0.6 is 0 Å². The molecule has 3 rings (SSSR count). The van der Waals surface area contributed by atoms with Crippen LogP contribution in [0, 0.1) is 0 Å². The maximum atomic E-state index is 13.2. The molecule has 2 aromatic rings. The summed E-state index contributed by atoms with van der Waals surface area (Å²) < 4.78 is 66.1. The first-order valence-corrected chi connectivity index (χ1v) is 11.2. The van der Waals surface area contributed by atoms with Gasteiger partial charge in [0.2, 0.25) is 0 Å². The van der Waals surface area contributed by atoms with E-state index in [0.29, 0.717) is 11.1 Å². The van der Waals surface area contributed by atoms with E-state index >= 15 is 0 Å². The monoisotopic (exact) mass is 452 g/mol. The highest BCUT2D eigenvalue weighted by atomic mass is 32.2. The van der Waals surface area contributed by atoms with Crippen LogP contribution in [0.25, 0.3) is 0 Å². The number of sulfonamides is 1. The van der Waals surface area contributed by atoms with Gasteiger partial charge in [-0.3, -0.25) is 9.79 Å². The van der Waals surface area contributed by atoms with Crippen molar-refractivity contribution in [3.63, 3.8) is 0 Å². The Hall–Kier alpha value is -2.68. The number of hydrogen-bond donors (Lipinski definition) is 0. The fraction of sp³-hybridized carbons (Fsp3) is 0.364. The quantitative estimate of drug-likeness (QED) is 0.691. The van der Waals surface area contributed by atoms with Gasteiger partial charge in [0, 0.05) is 6.54 Å². The molecule has 0 aliphatic carbocycles. The molecule has 2 aromatic carbocycles. The van der Waals surface area contributed by atoms with Crippen molar-refractivity contribution in [1.82, 2.24) is 4.31 Å².